The third kappa shape index (κ3) is 2.30. The molecule has 0 N–H and O–H groups in total. The molecule has 2 rings (SSSR count). The Bertz CT molecular complexity index is 696. The first kappa shape index (κ1) is 12.8. The summed E-state index contributed by atoms with van der Waals surface area (Å²) in [6.45, 7) is 3.86. The summed E-state index contributed by atoms with van der Waals surface area (Å²) in [5.41, 5.74) is 1.13. The third-order valence-corrected chi connectivity index (χ3v) is 3.90. The van der Waals surface area contributed by atoms with Crippen molar-refractivity contribution in [3.05, 3.63) is 48.5 Å². The van der Waals surface area contributed by atoms with E-state index in [0.29, 0.717) is 22.1 Å². The second kappa shape index (κ2) is 4.92. The molecule has 0 fully saturated rings. The number of nitriles is 1. The molecule has 18 heavy (non-hydrogen) atoms. The van der Waals surface area contributed by atoms with Gasteiger partial charge in [0.25, 0.3) is 5.56 Å². The minimum Gasteiger partial charge on any atom is -0.266 e. The molecule has 0 radical (unpaired) electrons. The molecule has 0 atom stereocenters. The predicted octanol–water partition coefficient (Wildman–Crippen LogP) is 2.50. The van der Waals surface area contributed by atoms with Gasteiger partial charge < -0.3 is 0 Å². The average molecular weight is 280 g/mol. The van der Waals surface area contributed by atoms with Gasteiger partial charge in [-0.1, -0.05) is 11.6 Å². The van der Waals surface area contributed by atoms with Gasteiger partial charge in [-0.2, -0.15) is 10.4 Å². The lowest BCUT2D eigenvalue weighted by Gasteiger charge is -2.07. The van der Waals surface area contributed by atoms with E-state index in [4.69, 9.17) is 16.9 Å². The minimum atomic E-state index is -0.356. The number of thiophene rings is 1. The fourth-order valence-corrected chi connectivity index (χ4v) is 2.66. The van der Waals surface area contributed by atoms with Crippen LogP contribution >= 0.6 is 22.9 Å². The molecule has 0 bridgehead atoms. The van der Waals surface area contributed by atoms with Crippen molar-refractivity contribution in [2.75, 3.05) is 0 Å². The Balaban J connectivity index is 2.50. The minimum absolute atomic E-state index is 0.158. The molecule has 0 saturated carbocycles. The van der Waals surface area contributed by atoms with Crippen molar-refractivity contribution >= 4 is 22.9 Å². The monoisotopic (exact) mass is 279 g/mol. The SMILES string of the molecule is Cc1nn(Cc2ccc(Cl)s2)c(=O)c(C#N)c1C. The molecule has 6 heteroatoms. The molecule has 0 aliphatic rings. The quantitative estimate of drug-likeness (QED) is 0.849. The van der Waals surface area contributed by atoms with Crippen LogP contribution in [0.15, 0.2) is 16.9 Å². The highest BCUT2D eigenvalue weighted by Gasteiger charge is 2.12. The Labute approximate surface area is 113 Å². The van der Waals surface area contributed by atoms with Gasteiger partial charge in [0.2, 0.25) is 0 Å². The Morgan fingerprint density at radius 1 is 1.50 bits per heavy atom. The Morgan fingerprint density at radius 3 is 2.78 bits per heavy atom. The van der Waals surface area contributed by atoms with Gasteiger partial charge in [0.1, 0.15) is 11.6 Å². The second-order valence-corrected chi connectivity index (χ2v) is 5.67. The highest BCUT2D eigenvalue weighted by atomic mass is 35.5. The highest BCUT2D eigenvalue weighted by Crippen LogP contribution is 2.21. The van der Waals surface area contributed by atoms with Gasteiger partial charge in [0, 0.05) is 4.88 Å². The molecule has 2 heterocycles. The average Bonchev–Trinajstić information content (AvgIpc) is 2.73. The van der Waals surface area contributed by atoms with Crippen LogP contribution in [0.4, 0.5) is 0 Å². The van der Waals surface area contributed by atoms with Gasteiger partial charge >= 0.3 is 0 Å². The maximum absolute atomic E-state index is 12.0. The van der Waals surface area contributed by atoms with Crippen LogP contribution in [-0.2, 0) is 6.54 Å². The maximum Gasteiger partial charge on any atom is 0.285 e. The molecular formula is C12H10ClN3OS. The van der Waals surface area contributed by atoms with E-state index in [1.807, 2.05) is 12.1 Å². The smallest absolute Gasteiger partial charge is 0.266 e. The lowest BCUT2D eigenvalue weighted by atomic mass is 10.1. The summed E-state index contributed by atoms with van der Waals surface area (Å²) < 4.78 is 1.98. The summed E-state index contributed by atoms with van der Waals surface area (Å²) in [4.78, 5) is 13.0. The third-order valence-electron chi connectivity index (χ3n) is 2.68. The predicted molar refractivity (Wildman–Crippen MR) is 71.1 cm³/mol. The summed E-state index contributed by atoms with van der Waals surface area (Å²) in [5, 5.41) is 13.2. The van der Waals surface area contributed by atoms with Crippen LogP contribution in [0.25, 0.3) is 0 Å². The van der Waals surface area contributed by atoms with Crippen LogP contribution in [0.5, 0.6) is 0 Å². The van der Waals surface area contributed by atoms with E-state index in [1.54, 1.807) is 19.9 Å². The lowest BCUT2D eigenvalue weighted by molar-refractivity contribution is 0.628. The first-order chi connectivity index (χ1) is 8.52. The van der Waals surface area contributed by atoms with Crippen LogP contribution < -0.4 is 5.56 Å². The van der Waals surface area contributed by atoms with E-state index in [1.165, 1.54) is 16.0 Å². The Hall–Kier alpha value is -1.64. The number of hydrogen-bond donors (Lipinski definition) is 0. The molecule has 92 valence electrons. The Kier molecular flexibility index (Phi) is 3.50. The van der Waals surface area contributed by atoms with E-state index in [2.05, 4.69) is 5.10 Å². The molecule has 0 aliphatic heterocycles. The molecule has 0 aliphatic carbocycles. The van der Waals surface area contributed by atoms with Crippen molar-refractivity contribution in [1.82, 2.24) is 9.78 Å². The fraction of sp³-hybridized carbons (Fsp3) is 0.250. The summed E-state index contributed by atoms with van der Waals surface area (Å²) in [6.07, 6.45) is 0. The number of rotatable bonds is 2. The molecule has 0 unspecified atom stereocenters. The number of halogens is 1. The van der Waals surface area contributed by atoms with E-state index in [-0.39, 0.29) is 11.1 Å². The number of nitrogens with zero attached hydrogens (tertiary/aromatic N) is 3. The first-order valence-electron chi connectivity index (χ1n) is 5.25. The van der Waals surface area contributed by atoms with Crippen molar-refractivity contribution < 1.29 is 0 Å². The first-order valence-corrected chi connectivity index (χ1v) is 6.45. The van der Waals surface area contributed by atoms with Crippen molar-refractivity contribution in [2.24, 2.45) is 0 Å². The number of hydrogen-bond acceptors (Lipinski definition) is 4. The van der Waals surface area contributed by atoms with Crippen molar-refractivity contribution in [2.45, 2.75) is 20.4 Å². The standard InChI is InChI=1S/C12H10ClN3OS/c1-7-8(2)15-16(12(17)10(7)5-14)6-9-3-4-11(13)18-9/h3-4H,6H2,1-2H3. The summed E-state index contributed by atoms with van der Waals surface area (Å²) in [5.74, 6) is 0. The molecule has 0 saturated heterocycles. The summed E-state index contributed by atoms with van der Waals surface area (Å²) in [6, 6.07) is 5.57. The van der Waals surface area contributed by atoms with Gasteiger partial charge in [-0.15, -0.1) is 11.3 Å². The molecular weight excluding hydrogens is 270 g/mol. The van der Waals surface area contributed by atoms with Gasteiger partial charge in [0.15, 0.2) is 0 Å². The van der Waals surface area contributed by atoms with Gasteiger partial charge in [-0.05, 0) is 31.5 Å². The zero-order chi connectivity index (χ0) is 13.3. The van der Waals surface area contributed by atoms with Crippen LogP contribution in [0.1, 0.15) is 21.7 Å². The van der Waals surface area contributed by atoms with Crippen LogP contribution in [0.2, 0.25) is 4.34 Å². The van der Waals surface area contributed by atoms with Gasteiger partial charge in [-0.3, -0.25) is 4.79 Å². The molecule has 4 nitrogen and oxygen atoms in total. The normalized spacial score (nSPS) is 10.3. The molecule has 2 aromatic rings. The Morgan fingerprint density at radius 2 is 2.22 bits per heavy atom. The zero-order valence-electron chi connectivity index (χ0n) is 9.90. The second-order valence-electron chi connectivity index (χ2n) is 3.87. The molecule has 0 amide bonds. The lowest BCUT2D eigenvalue weighted by Crippen LogP contribution is -2.27. The topological polar surface area (TPSA) is 58.7 Å². The van der Waals surface area contributed by atoms with E-state index >= 15 is 0 Å². The number of aryl methyl sites for hydroxylation is 1. The van der Waals surface area contributed by atoms with Crippen LogP contribution in [0.3, 0.4) is 0 Å². The van der Waals surface area contributed by atoms with Crippen LogP contribution in [0, 0.1) is 25.2 Å². The molecule has 2 aromatic heterocycles. The molecule has 0 spiro atoms. The number of aromatic nitrogens is 2. The fourth-order valence-electron chi connectivity index (χ4n) is 1.60. The maximum atomic E-state index is 12.0. The highest BCUT2D eigenvalue weighted by molar-refractivity contribution is 7.16. The van der Waals surface area contributed by atoms with E-state index in [0.717, 1.165) is 4.88 Å². The van der Waals surface area contributed by atoms with Crippen molar-refractivity contribution in [3.8, 4) is 6.07 Å². The van der Waals surface area contributed by atoms with E-state index in [9.17, 15) is 4.79 Å². The largest absolute Gasteiger partial charge is 0.285 e. The molecule has 0 aromatic carbocycles. The van der Waals surface area contributed by atoms with Crippen LogP contribution in [-0.4, -0.2) is 9.78 Å². The zero-order valence-corrected chi connectivity index (χ0v) is 11.5. The summed E-state index contributed by atoms with van der Waals surface area (Å²) in [7, 11) is 0. The van der Waals surface area contributed by atoms with Gasteiger partial charge in [0.05, 0.1) is 16.6 Å². The van der Waals surface area contributed by atoms with E-state index < -0.39 is 0 Å². The summed E-state index contributed by atoms with van der Waals surface area (Å²) >= 11 is 7.24. The van der Waals surface area contributed by atoms with Gasteiger partial charge in [-0.25, -0.2) is 4.68 Å². The van der Waals surface area contributed by atoms with Crippen molar-refractivity contribution in [1.29, 1.82) is 5.26 Å². The van der Waals surface area contributed by atoms with Crippen molar-refractivity contribution in [3.63, 3.8) is 0 Å².